The molecule has 0 saturated carbocycles. The molecule has 1 saturated heterocycles. The van der Waals surface area contributed by atoms with Crippen LogP contribution < -0.4 is 10.6 Å². The van der Waals surface area contributed by atoms with E-state index in [1.165, 1.54) is 57.8 Å². The first-order chi connectivity index (χ1) is 19.3. The minimum atomic E-state index is -0.538. The van der Waals surface area contributed by atoms with E-state index in [9.17, 15) is 14.4 Å². The summed E-state index contributed by atoms with van der Waals surface area (Å²) in [4.78, 5) is 42.7. The van der Waals surface area contributed by atoms with E-state index < -0.39 is 6.04 Å². The molecule has 1 aliphatic rings. The van der Waals surface area contributed by atoms with Crippen molar-refractivity contribution in [3.05, 3.63) is 29.3 Å². The van der Waals surface area contributed by atoms with E-state index in [-0.39, 0.29) is 29.8 Å². The normalized spacial score (nSPS) is 16.9. The molecule has 8 heteroatoms. The summed E-state index contributed by atoms with van der Waals surface area (Å²) < 4.78 is 0. The number of carbonyl (C=O) groups is 3. The summed E-state index contributed by atoms with van der Waals surface area (Å²) in [6.45, 7) is 9.56. The van der Waals surface area contributed by atoms with E-state index in [4.69, 9.17) is 11.6 Å². The largest absolute Gasteiger partial charge is 0.344 e. The summed E-state index contributed by atoms with van der Waals surface area (Å²) >= 11 is 6.04. The number of nitrogens with one attached hydrogen (secondary N) is 2. The first-order valence-corrected chi connectivity index (χ1v) is 16.1. The number of anilines is 1. The van der Waals surface area contributed by atoms with Crippen LogP contribution in [0.3, 0.4) is 0 Å². The molecule has 226 valence electrons. The maximum atomic E-state index is 13.5. The standard InChI is InChI=1S/C32H53ClN4O3/c1-5-7-8-9-10-11-12-13-14-15-16-20-29(38)35-30(25(3)6-2)31(39)36-21-22-37(26(4)24-36)32(40)34-28-19-17-18-27(33)23-28/h17-19,23,25-26,30H,5-16,20-22,24H2,1-4H3,(H,34,40)(H,35,38). The fraction of sp³-hybridized carbons (Fsp3) is 0.719. The Kier molecular flexibility index (Phi) is 16.1. The highest BCUT2D eigenvalue weighted by Crippen LogP contribution is 2.19. The van der Waals surface area contributed by atoms with Crippen molar-refractivity contribution in [3.63, 3.8) is 0 Å². The maximum absolute atomic E-state index is 13.5. The van der Waals surface area contributed by atoms with Crippen LogP contribution in [0, 0.1) is 5.92 Å². The van der Waals surface area contributed by atoms with Crippen molar-refractivity contribution in [2.24, 2.45) is 5.92 Å². The summed E-state index contributed by atoms with van der Waals surface area (Å²) in [6.07, 6.45) is 14.9. The molecule has 2 rings (SSSR count). The van der Waals surface area contributed by atoms with Crippen LogP contribution in [0.4, 0.5) is 10.5 Å². The Morgan fingerprint density at radius 2 is 1.57 bits per heavy atom. The van der Waals surface area contributed by atoms with E-state index in [1.54, 1.807) is 34.1 Å². The molecule has 1 aromatic carbocycles. The van der Waals surface area contributed by atoms with Gasteiger partial charge in [0.05, 0.1) is 0 Å². The van der Waals surface area contributed by atoms with Crippen molar-refractivity contribution >= 4 is 35.1 Å². The number of hydrogen-bond donors (Lipinski definition) is 2. The molecule has 0 aliphatic carbocycles. The van der Waals surface area contributed by atoms with Gasteiger partial charge >= 0.3 is 6.03 Å². The van der Waals surface area contributed by atoms with E-state index in [0.717, 1.165) is 19.3 Å². The van der Waals surface area contributed by atoms with E-state index in [0.29, 0.717) is 36.8 Å². The molecule has 0 radical (unpaired) electrons. The molecule has 40 heavy (non-hydrogen) atoms. The molecular weight excluding hydrogens is 524 g/mol. The maximum Gasteiger partial charge on any atom is 0.322 e. The molecule has 1 aliphatic heterocycles. The summed E-state index contributed by atoms with van der Waals surface area (Å²) in [6, 6.07) is 6.16. The summed E-state index contributed by atoms with van der Waals surface area (Å²) in [5.41, 5.74) is 0.639. The Hall–Kier alpha value is -2.28. The Balaban J connectivity index is 1.75. The van der Waals surface area contributed by atoms with Gasteiger partial charge in [0.1, 0.15) is 6.04 Å². The molecule has 1 aromatic rings. The number of unbranched alkanes of at least 4 members (excludes halogenated alkanes) is 10. The van der Waals surface area contributed by atoms with Crippen molar-refractivity contribution < 1.29 is 14.4 Å². The third kappa shape index (κ3) is 12.1. The van der Waals surface area contributed by atoms with Gasteiger partial charge in [-0.3, -0.25) is 9.59 Å². The van der Waals surface area contributed by atoms with Crippen molar-refractivity contribution in [1.29, 1.82) is 0 Å². The van der Waals surface area contributed by atoms with Gasteiger partial charge in [0.15, 0.2) is 0 Å². The van der Waals surface area contributed by atoms with Gasteiger partial charge in [0, 0.05) is 42.8 Å². The highest BCUT2D eigenvalue weighted by molar-refractivity contribution is 6.30. The Labute approximate surface area is 247 Å². The predicted octanol–water partition coefficient (Wildman–Crippen LogP) is 7.64. The first kappa shape index (κ1) is 33.9. The minimum Gasteiger partial charge on any atom is -0.344 e. The number of amides is 4. The Bertz CT molecular complexity index is 912. The van der Waals surface area contributed by atoms with Crippen LogP contribution in [0.2, 0.25) is 5.02 Å². The Morgan fingerprint density at radius 1 is 0.950 bits per heavy atom. The smallest absolute Gasteiger partial charge is 0.322 e. The van der Waals surface area contributed by atoms with Crippen LogP contribution in [-0.2, 0) is 9.59 Å². The van der Waals surface area contributed by atoms with Gasteiger partial charge in [0.25, 0.3) is 0 Å². The quantitative estimate of drug-likeness (QED) is 0.187. The molecule has 1 fully saturated rings. The number of hydrogen-bond acceptors (Lipinski definition) is 3. The number of carbonyl (C=O) groups excluding carboxylic acids is 3. The van der Waals surface area contributed by atoms with Crippen LogP contribution in [0.15, 0.2) is 24.3 Å². The van der Waals surface area contributed by atoms with E-state index in [1.807, 2.05) is 20.8 Å². The van der Waals surface area contributed by atoms with Gasteiger partial charge in [-0.25, -0.2) is 4.79 Å². The second-order valence-corrected chi connectivity index (χ2v) is 11.9. The average molecular weight is 577 g/mol. The van der Waals surface area contributed by atoms with Gasteiger partial charge in [-0.05, 0) is 37.5 Å². The Morgan fingerprint density at radius 3 is 2.15 bits per heavy atom. The zero-order chi connectivity index (χ0) is 29.3. The van der Waals surface area contributed by atoms with E-state index in [2.05, 4.69) is 17.6 Å². The zero-order valence-corrected chi connectivity index (χ0v) is 26.1. The van der Waals surface area contributed by atoms with Gasteiger partial charge in [-0.2, -0.15) is 0 Å². The van der Waals surface area contributed by atoms with Crippen LogP contribution in [-0.4, -0.2) is 59.4 Å². The van der Waals surface area contributed by atoms with Crippen LogP contribution >= 0.6 is 11.6 Å². The van der Waals surface area contributed by atoms with Crippen LogP contribution in [0.25, 0.3) is 0 Å². The second-order valence-electron chi connectivity index (χ2n) is 11.5. The lowest BCUT2D eigenvalue weighted by molar-refractivity contribution is -0.139. The molecule has 0 aromatic heterocycles. The molecule has 3 atom stereocenters. The third-order valence-electron chi connectivity index (χ3n) is 8.08. The number of urea groups is 1. The molecule has 2 N–H and O–H groups in total. The lowest BCUT2D eigenvalue weighted by atomic mass is 9.96. The van der Waals surface area contributed by atoms with E-state index >= 15 is 0 Å². The second kappa shape index (κ2) is 19.0. The summed E-state index contributed by atoms with van der Waals surface area (Å²) in [5.74, 6) is -0.0567. The van der Waals surface area contributed by atoms with Crippen molar-refractivity contribution in [2.45, 2.75) is 123 Å². The van der Waals surface area contributed by atoms with Crippen LogP contribution in [0.1, 0.15) is 111 Å². The molecule has 4 amide bonds. The predicted molar refractivity (Wildman–Crippen MR) is 166 cm³/mol. The van der Waals surface area contributed by atoms with Crippen molar-refractivity contribution in [2.75, 3.05) is 25.0 Å². The lowest BCUT2D eigenvalue weighted by Gasteiger charge is -2.41. The third-order valence-corrected chi connectivity index (χ3v) is 8.31. The van der Waals surface area contributed by atoms with Gasteiger partial charge < -0.3 is 20.4 Å². The monoisotopic (exact) mass is 576 g/mol. The van der Waals surface area contributed by atoms with Crippen molar-refractivity contribution in [1.82, 2.24) is 15.1 Å². The zero-order valence-electron chi connectivity index (χ0n) is 25.4. The first-order valence-electron chi connectivity index (χ1n) is 15.7. The molecule has 3 unspecified atom stereocenters. The van der Waals surface area contributed by atoms with Gasteiger partial charge in [0.2, 0.25) is 11.8 Å². The highest BCUT2D eigenvalue weighted by atomic mass is 35.5. The average Bonchev–Trinajstić information content (AvgIpc) is 2.93. The van der Waals surface area contributed by atoms with Gasteiger partial charge in [-0.15, -0.1) is 0 Å². The number of nitrogens with zero attached hydrogens (tertiary/aromatic N) is 2. The number of rotatable bonds is 17. The topological polar surface area (TPSA) is 81.8 Å². The van der Waals surface area contributed by atoms with Gasteiger partial charge in [-0.1, -0.05) is 109 Å². The molecule has 7 nitrogen and oxygen atoms in total. The molecule has 1 heterocycles. The number of halogens is 1. The molecule has 0 bridgehead atoms. The summed E-state index contributed by atoms with van der Waals surface area (Å²) in [5, 5.41) is 6.50. The van der Waals surface area contributed by atoms with Crippen LogP contribution in [0.5, 0.6) is 0 Å². The fourth-order valence-electron chi connectivity index (χ4n) is 5.30. The minimum absolute atomic E-state index is 0.0354. The highest BCUT2D eigenvalue weighted by Gasteiger charge is 2.35. The SMILES string of the molecule is CCCCCCCCCCCCCC(=O)NC(C(=O)N1CCN(C(=O)Nc2cccc(Cl)c2)C(C)C1)C(C)CC. The number of piperazine rings is 1. The molecular formula is C32H53ClN4O3. The fourth-order valence-corrected chi connectivity index (χ4v) is 5.49. The van der Waals surface area contributed by atoms with Crippen molar-refractivity contribution in [3.8, 4) is 0 Å². The summed E-state index contributed by atoms with van der Waals surface area (Å²) in [7, 11) is 0. The number of benzene rings is 1. The molecule has 0 spiro atoms. The lowest BCUT2D eigenvalue weighted by Crippen LogP contribution is -2.60.